The lowest BCUT2D eigenvalue weighted by Crippen LogP contribution is -2.29. The highest BCUT2D eigenvalue weighted by Crippen LogP contribution is 2.25. The highest BCUT2D eigenvalue weighted by atomic mass is 35.5. The predicted octanol–water partition coefficient (Wildman–Crippen LogP) is 2.00. The van der Waals surface area contributed by atoms with Crippen molar-refractivity contribution >= 4 is 17.5 Å². The number of halogens is 1. The first kappa shape index (κ1) is 15.6. The van der Waals surface area contributed by atoms with Gasteiger partial charge in [-0.15, -0.1) is 0 Å². The van der Waals surface area contributed by atoms with Crippen LogP contribution in [0.15, 0.2) is 18.2 Å². The first-order valence-electron chi connectivity index (χ1n) is 6.97. The minimum absolute atomic E-state index is 0.0660. The van der Waals surface area contributed by atoms with Crippen molar-refractivity contribution in [3.05, 3.63) is 28.8 Å². The van der Waals surface area contributed by atoms with Crippen molar-refractivity contribution in [2.45, 2.75) is 31.8 Å². The molecule has 0 radical (unpaired) electrons. The largest absolute Gasteiger partial charge is 0.483 e. The van der Waals surface area contributed by atoms with Gasteiger partial charge in [-0.2, -0.15) is 5.26 Å². The van der Waals surface area contributed by atoms with E-state index in [0.29, 0.717) is 36.3 Å². The van der Waals surface area contributed by atoms with E-state index < -0.39 is 0 Å². The third-order valence-corrected chi connectivity index (χ3v) is 3.33. The molecular formula is C15H18ClN3O2. The van der Waals surface area contributed by atoms with Crippen LogP contribution in [0.3, 0.4) is 0 Å². The van der Waals surface area contributed by atoms with Gasteiger partial charge in [-0.25, -0.2) is 0 Å². The molecule has 0 unspecified atom stereocenters. The van der Waals surface area contributed by atoms with Crippen molar-refractivity contribution in [2.75, 3.05) is 13.2 Å². The average Bonchev–Trinajstić information content (AvgIpc) is 3.28. The van der Waals surface area contributed by atoms with Crippen molar-refractivity contribution in [1.82, 2.24) is 10.6 Å². The topological polar surface area (TPSA) is 74.2 Å². The Kier molecular flexibility index (Phi) is 5.85. The van der Waals surface area contributed by atoms with E-state index in [1.54, 1.807) is 12.1 Å². The van der Waals surface area contributed by atoms with Crippen LogP contribution in [-0.4, -0.2) is 25.1 Å². The summed E-state index contributed by atoms with van der Waals surface area (Å²) in [7, 11) is 0. The zero-order valence-electron chi connectivity index (χ0n) is 11.7. The molecule has 2 rings (SSSR count). The lowest BCUT2D eigenvalue weighted by atomic mass is 10.2. The lowest BCUT2D eigenvalue weighted by Gasteiger charge is -2.12. The van der Waals surface area contributed by atoms with Gasteiger partial charge in [0, 0.05) is 29.7 Å². The first-order chi connectivity index (χ1) is 10.2. The van der Waals surface area contributed by atoms with Gasteiger partial charge >= 0.3 is 0 Å². The van der Waals surface area contributed by atoms with E-state index >= 15 is 0 Å². The summed E-state index contributed by atoms with van der Waals surface area (Å²) in [4.78, 5) is 11.6. The molecule has 0 saturated heterocycles. The van der Waals surface area contributed by atoms with Gasteiger partial charge in [-0.1, -0.05) is 11.6 Å². The molecule has 0 atom stereocenters. The normalized spacial score (nSPS) is 13.5. The molecular weight excluding hydrogens is 290 g/mol. The van der Waals surface area contributed by atoms with Gasteiger partial charge in [0.05, 0.1) is 12.5 Å². The number of nitrogens with one attached hydrogen (secondary N) is 2. The van der Waals surface area contributed by atoms with Crippen LogP contribution in [0.1, 0.15) is 24.8 Å². The second-order valence-electron chi connectivity index (χ2n) is 4.95. The second kappa shape index (κ2) is 7.87. The van der Waals surface area contributed by atoms with Crippen LogP contribution in [0.25, 0.3) is 0 Å². The van der Waals surface area contributed by atoms with Crippen LogP contribution in [0.4, 0.5) is 0 Å². The van der Waals surface area contributed by atoms with E-state index in [2.05, 4.69) is 10.6 Å². The first-order valence-corrected chi connectivity index (χ1v) is 7.35. The Bertz CT molecular complexity index is 538. The Balaban J connectivity index is 1.85. The monoisotopic (exact) mass is 307 g/mol. The zero-order valence-corrected chi connectivity index (χ0v) is 12.4. The number of hydrogen-bond donors (Lipinski definition) is 2. The molecule has 1 amide bonds. The zero-order chi connectivity index (χ0) is 15.1. The van der Waals surface area contributed by atoms with E-state index in [-0.39, 0.29) is 12.5 Å². The third kappa shape index (κ3) is 5.62. The molecule has 21 heavy (non-hydrogen) atoms. The van der Waals surface area contributed by atoms with Crippen molar-refractivity contribution in [3.63, 3.8) is 0 Å². The minimum atomic E-state index is -0.235. The van der Waals surface area contributed by atoms with E-state index in [1.165, 1.54) is 12.8 Å². The van der Waals surface area contributed by atoms with Crippen LogP contribution < -0.4 is 15.4 Å². The second-order valence-corrected chi connectivity index (χ2v) is 5.39. The summed E-state index contributed by atoms with van der Waals surface area (Å²) in [6, 6.07) is 7.92. The van der Waals surface area contributed by atoms with Crippen molar-refractivity contribution in [2.24, 2.45) is 0 Å². The van der Waals surface area contributed by atoms with Gasteiger partial charge in [0.15, 0.2) is 6.61 Å². The van der Waals surface area contributed by atoms with Crippen LogP contribution in [-0.2, 0) is 11.3 Å². The molecule has 1 aromatic rings. The van der Waals surface area contributed by atoms with Crippen LogP contribution in [0.5, 0.6) is 5.75 Å². The Morgan fingerprint density at radius 1 is 1.48 bits per heavy atom. The number of carbonyl (C=O) groups excluding carboxylic acids is 1. The number of nitriles is 1. The molecule has 2 N–H and O–H groups in total. The fourth-order valence-electron chi connectivity index (χ4n) is 1.82. The molecule has 1 aliphatic carbocycles. The number of hydrogen-bond acceptors (Lipinski definition) is 4. The van der Waals surface area contributed by atoms with E-state index in [4.69, 9.17) is 21.6 Å². The number of benzene rings is 1. The molecule has 0 aromatic heterocycles. The molecule has 0 aliphatic heterocycles. The van der Waals surface area contributed by atoms with Crippen molar-refractivity contribution in [1.29, 1.82) is 5.26 Å². The van der Waals surface area contributed by atoms with Crippen molar-refractivity contribution < 1.29 is 9.53 Å². The predicted molar refractivity (Wildman–Crippen MR) is 80.0 cm³/mol. The third-order valence-electron chi connectivity index (χ3n) is 3.10. The van der Waals surface area contributed by atoms with Crippen molar-refractivity contribution in [3.8, 4) is 11.8 Å². The summed E-state index contributed by atoms with van der Waals surface area (Å²) in [5.74, 6) is 0.421. The molecule has 1 fully saturated rings. The van der Waals surface area contributed by atoms with Crippen LogP contribution >= 0.6 is 11.6 Å². The van der Waals surface area contributed by atoms with Gasteiger partial charge in [0.1, 0.15) is 5.75 Å². The maximum absolute atomic E-state index is 11.6. The summed E-state index contributed by atoms with van der Waals surface area (Å²) < 4.78 is 5.54. The fourth-order valence-corrected chi connectivity index (χ4v) is 2.02. The maximum atomic E-state index is 11.6. The molecule has 0 heterocycles. The maximum Gasteiger partial charge on any atom is 0.257 e. The molecule has 1 saturated carbocycles. The van der Waals surface area contributed by atoms with Gasteiger partial charge in [-0.3, -0.25) is 4.79 Å². The Hall–Kier alpha value is -1.77. The van der Waals surface area contributed by atoms with Gasteiger partial charge in [0.2, 0.25) is 0 Å². The summed E-state index contributed by atoms with van der Waals surface area (Å²) in [5, 5.41) is 15.1. The summed E-state index contributed by atoms with van der Waals surface area (Å²) in [6.07, 6.45) is 2.71. The lowest BCUT2D eigenvalue weighted by molar-refractivity contribution is -0.123. The standard InChI is InChI=1S/C15H18ClN3O2/c16-12-2-5-14(11(8-12)9-19-13-3-4-13)21-10-15(20)18-7-1-6-17/h2,5,8,13,19H,1,3-4,7,9-10H2,(H,18,20). The molecule has 112 valence electrons. The number of nitrogens with zero attached hydrogens (tertiary/aromatic N) is 1. The molecule has 0 spiro atoms. The summed E-state index contributed by atoms with van der Waals surface area (Å²) in [6.45, 7) is 0.954. The molecule has 1 aliphatic rings. The molecule has 5 nitrogen and oxygen atoms in total. The number of carbonyl (C=O) groups is 1. The number of rotatable bonds is 8. The Morgan fingerprint density at radius 2 is 2.29 bits per heavy atom. The molecule has 6 heteroatoms. The number of amides is 1. The molecule has 1 aromatic carbocycles. The molecule has 0 bridgehead atoms. The Labute approximate surface area is 129 Å². The number of ether oxygens (including phenoxy) is 1. The van der Waals surface area contributed by atoms with E-state index in [9.17, 15) is 4.79 Å². The summed E-state index contributed by atoms with van der Waals surface area (Å²) in [5.41, 5.74) is 0.944. The summed E-state index contributed by atoms with van der Waals surface area (Å²) >= 11 is 6.00. The van der Waals surface area contributed by atoms with Crippen LogP contribution in [0, 0.1) is 11.3 Å². The van der Waals surface area contributed by atoms with Gasteiger partial charge in [-0.05, 0) is 31.0 Å². The highest BCUT2D eigenvalue weighted by Gasteiger charge is 2.20. The van der Waals surface area contributed by atoms with Crippen LogP contribution in [0.2, 0.25) is 5.02 Å². The fraction of sp³-hybridized carbons (Fsp3) is 0.467. The SMILES string of the molecule is N#CCCNC(=O)COc1ccc(Cl)cc1CNC1CC1. The smallest absolute Gasteiger partial charge is 0.257 e. The average molecular weight is 308 g/mol. The quantitative estimate of drug-likeness (QED) is 0.720. The van der Waals surface area contributed by atoms with E-state index in [1.807, 2.05) is 12.1 Å². The van der Waals surface area contributed by atoms with Gasteiger partial charge in [0.25, 0.3) is 5.91 Å². The minimum Gasteiger partial charge on any atom is -0.483 e. The highest BCUT2D eigenvalue weighted by molar-refractivity contribution is 6.30. The van der Waals surface area contributed by atoms with Gasteiger partial charge < -0.3 is 15.4 Å². The Morgan fingerprint density at radius 3 is 3.00 bits per heavy atom. The van der Waals surface area contributed by atoms with E-state index in [0.717, 1.165) is 5.56 Å².